The van der Waals surface area contributed by atoms with Crippen LogP contribution in [-0.4, -0.2) is 35.3 Å². The van der Waals surface area contributed by atoms with E-state index in [1.165, 1.54) is 0 Å². The molecule has 2 amide bonds. The van der Waals surface area contributed by atoms with Crippen LogP contribution in [0.15, 0.2) is 4.99 Å². The molecule has 2 rings (SSSR count). The summed E-state index contributed by atoms with van der Waals surface area (Å²) in [6.45, 7) is 3.64. The van der Waals surface area contributed by atoms with Gasteiger partial charge in [-0.25, -0.2) is 9.78 Å². The molecule has 106 valence electrons. The molecule has 0 saturated carbocycles. The molecule has 8 nitrogen and oxygen atoms in total. The SMILES string of the molecule is CCOC(=O)c1sc(N=C2NC(=O)CC(=O)N2)nc1C. The summed E-state index contributed by atoms with van der Waals surface area (Å²) < 4.78 is 4.89. The molecule has 0 atom stereocenters. The maximum atomic E-state index is 11.6. The Labute approximate surface area is 118 Å². The van der Waals surface area contributed by atoms with Crippen molar-refractivity contribution in [1.82, 2.24) is 15.6 Å². The average molecular weight is 296 g/mol. The average Bonchev–Trinajstić information content (AvgIpc) is 2.69. The number of rotatable bonds is 3. The Hall–Kier alpha value is -2.29. The molecule has 1 aliphatic heterocycles. The molecule has 0 radical (unpaired) electrons. The molecule has 1 saturated heterocycles. The summed E-state index contributed by atoms with van der Waals surface area (Å²) in [5, 5.41) is 5.07. The Bertz CT molecular complexity index is 590. The highest BCUT2D eigenvalue weighted by atomic mass is 32.1. The highest BCUT2D eigenvalue weighted by Gasteiger charge is 2.21. The first kappa shape index (κ1) is 14.1. The van der Waals surface area contributed by atoms with Crippen molar-refractivity contribution >= 4 is 40.2 Å². The number of nitrogens with zero attached hydrogens (tertiary/aromatic N) is 2. The number of hydrogen-bond donors (Lipinski definition) is 2. The van der Waals surface area contributed by atoms with Crippen LogP contribution in [0.3, 0.4) is 0 Å². The normalized spacial score (nSPS) is 14.6. The Balaban J connectivity index is 2.22. The largest absolute Gasteiger partial charge is 0.462 e. The van der Waals surface area contributed by atoms with Crippen LogP contribution in [0.1, 0.15) is 28.7 Å². The summed E-state index contributed by atoms with van der Waals surface area (Å²) in [4.78, 5) is 42.5. The fourth-order valence-corrected chi connectivity index (χ4v) is 2.33. The summed E-state index contributed by atoms with van der Waals surface area (Å²) in [6, 6.07) is 0. The van der Waals surface area contributed by atoms with E-state index >= 15 is 0 Å². The number of hydrogen-bond acceptors (Lipinski definition) is 7. The van der Waals surface area contributed by atoms with Crippen LogP contribution in [0.5, 0.6) is 0 Å². The number of thiazole rings is 1. The van der Waals surface area contributed by atoms with Gasteiger partial charge in [0.2, 0.25) is 22.9 Å². The van der Waals surface area contributed by atoms with Crippen LogP contribution < -0.4 is 10.6 Å². The van der Waals surface area contributed by atoms with Gasteiger partial charge in [-0.3, -0.25) is 20.2 Å². The molecule has 2 heterocycles. The fourth-order valence-electron chi connectivity index (χ4n) is 1.50. The summed E-state index contributed by atoms with van der Waals surface area (Å²) >= 11 is 1.03. The van der Waals surface area contributed by atoms with Gasteiger partial charge in [-0.1, -0.05) is 11.3 Å². The number of esters is 1. The van der Waals surface area contributed by atoms with E-state index in [9.17, 15) is 14.4 Å². The van der Waals surface area contributed by atoms with E-state index in [1.807, 2.05) is 0 Å². The summed E-state index contributed by atoms with van der Waals surface area (Å²) in [6.07, 6.45) is -0.232. The molecule has 20 heavy (non-hydrogen) atoms. The number of aliphatic imine (C=N–C) groups is 1. The molecule has 1 aromatic rings. The van der Waals surface area contributed by atoms with Crippen molar-refractivity contribution in [3.05, 3.63) is 10.6 Å². The molecule has 0 spiro atoms. The van der Waals surface area contributed by atoms with Crippen molar-refractivity contribution in [2.24, 2.45) is 4.99 Å². The Morgan fingerprint density at radius 2 is 2.05 bits per heavy atom. The van der Waals surface area contributed by atoms with Gasteiger partial charge in [-0.2, -0.15) is 4.99 Å². The van der Waals surface area contributed by atoms with Gasteiger partial charge in [-0.15, -0.1) is 0 Å². The van der Waals surface area contributed by atoms with Crippen LogP contribution in [0, 0.1) is 6.92 Å². The van der Waals surface area contributed by atoms with Gasteiger partial charge in [0, 0.05) is 0 Å². The highest BCUT2D eigenvalue weighted by Crippen LogP contribution is 2.25. The first-order valence-corrected chi connectivity index (χ1v) is 6.64. The van der Waals surface area contributed by atoms with E-state index in [1.54, 1.807) is 13.8 Å². The molecule has 0 unspecified atom stereocenters. The lowest BCUT2D eigenvalue weighted by Gasteiger charge is -2.14. The minimum atomic E-state index is -0.467. The number of aromatic nitrogens is 1. The minimum absolute atomic E-state index is 0.00964. The van der Waals surface area contributed by atoms with Gasteiger partial charge in [0.15, 0.2) is 0 Å². The van der Waals surface area contributed by atoms with Gasteiger partial charge in [0.25, 0.3) is 0 Å². The number of carbonyl (C=O) groups excluding carboxylic acids is 3. The summed E-state index contributed by atoms with van der Waals surface area (Å²) in [5.74, 6) is -1.33. The molecule has 1 aromatic heterocycles. The van der Waals surface area contributed by atoms with E-state index in [0.717, 1.165) is 11.3 Å². The fraction of sp³-hybridized carbons (Fsp3) is 0.364. The van der Waals surface area contributed by atoms with Crippen molar-refractivity contribution in [1.29, 1.82) is 0 Å². The smallest absolute Gasteiger partial charge is 0.350 e. The van der Waals surface area contributed by atoms with Gasteiger partial charge in [-0.05, 0) is 13.8 Å². The van der Waals surface area contributed by atoms with E-state index < -0.39 is 17.8 Å². The van der Waals surface area contributed by atoms with Gasteiger partial charge in [0.05, 0.1) is 12.3 Å². The lowest BCUT2D eigenvalue weighted by molar-refractivity contribution is -0.129. The number of aryl methyl sites for hydroxylation is 1. The van der Waals surface area contributed by atoms with Crippen molar-refractivity contribution in [3.63, 3.8) is 0 Å². The minimum Gasteiger partial charge on any atom is -0.462 e. The molecule has 0 aromatic carbocycles. The monoisotopic (exact) mass is 296 g/mol. The third-order valence-electron chi connectivity index (χ3n) is 2.29. The van der Waals surface area contributed by atoms with Crippen LogP contribution in [0.2, 0.25) is 0 Å². The van der Waals surface area contributed by atoms with Crippen LogP contribution in [0.25, 0.3) is 0 Å². The number of guanidine groups is 1. The Morgan fingerprint density at radius 3 is 2.65 bits per heavy atom. The second kappa shape index (κ2) is 5.78. The van der Waals surface area contributed by atoms with E-state index in [0.29, 0.717) is 10.6 Å². The zero-order chi connectivity index (χ0) is 14.7. The number of carbonyl (C=O) groups is 3. The molecular weight excluding hydrogens is 284 g/mol. The quantitative estimate of drug-likeness (QED) is 0.614. The molecule has 1 fully saturated rings. The highest BCUT2D eigenvalue weighted by molar-refractivity contribution is 7.17. The van der Waals surface area contributed by atoms with Gasteiger partial charge >= 0.3 is 5.97 Å². The number of ether oxygens (including phenoxy) is 1. The molecule has 0 bridgehead atoms. The van der Waals surface area contributed by atoms with Gasteiger partial charge < -0.3 is 4.74 Å². The van der Waals surface area contributed by atoms with Crippen molar-refractivity contribution in [2.45, 2.75) is 20.3 Å². The third kappa shape index (κ3) is 3.18. The number of amides is 2. The zero-order valence-corrected chi connectivity index (χ0v) is 11.7. The molecule has 2 N–H and O–H groups in total. The first-order valence-electron chi connectivity index (χ1n) is 5.82. The first-order chi connectivity index (χ1) is 9.49. The predicted octanol–water partition coefficient (Wildman–Crippen LogP) is 0.252. The lowest BCUT2D eigenvalue weighted by Crippen LogP contribution is -2.50. The third-order valence-corrected chi connectivity index (χ3v) is 3.32. The summed E-state index contributed by atoms with van der Waals surface area (Å²) in [7, 11) is 0. The molecular formula is C11H12N4O4S. The lowest BCUT2D eigenvalue weighted by atomic mass is 10.3. The molecule has 9 heteroatoms. The predicted molar refractivity (Wildman–Crippen MR) is 70.8 cm³/mol. The van der Waals surface area contributed by atoms with Crippen LogP contribution in [0.4, 0.5) is 5.13 Å². The van der Waals surface area contributed by atoms with Gasteiger partial charge in [0.1, 0.15) is 11.3 Å². The van der Waals surface area contributed by atoms with E-state index in [2.05, 4.69) is 20.6 Å². The second-order valence-corrected chi connectivity index (χ2v) is 4.84. The zero-order valence-electron chi connectivity index (χ0n) is 10.8. The van der Waals surface area contributed by atoms with Crippen molar-refractivity contribution in [3.8, 4) is 0 Å². The Kier molecular flexibility index (Phi) is 4.08. The second-order valence-electron chi connectivity index (χ2n) is 3.86. The van der Waals surface area contributed by atoms with Crippen LogP contribution in [-0.2, 0) is 14.3 Å². The molecule has 0 aliphatic carbocycles. The summed E-state index contributed by atoms with van der Waals surface area (Å²) in [5.41, 5.74) is 0.487. The van der Waals surface area contributed by atoms with Crippen molar-refractivity contribution < 1.29 is 19.1 Å². The maximum Gasteiger partial charge on any atom is 0.350 e. The standard InChI is InChI=1S/C11H12N4O4S/c1-3-19-9(18)8-5(2)12-11(20-8)15-10-13-6(16)4-7(17)14-10/h3-4H2,1-2H3,(H2,12,13,14,15,16,17). The molecule has 1 aliphatic rings. The topological polar surface area (TPSA) is 110 Å². The Morgan fingerprint density at radius 1 is 1.40 bits per heavy atom. The number of nitrogens with one attached hydrogen (secondary N) is 2. The van der Waals surface area contributed by atoms with E-state index in [4.69, 9.17) is 4.74 Å². The van der Waals surface area contributed by atoms with E-state index in [-0.39, 0.29) is 24.1 Å². The maximum absolute atomic E-state index is 11.6. The van der Waals surface area contributed by atoms with Crippen molar-refractivity contribution in [2.75, 3.05) is 6.61 Å². The van der Waals surface area contributed by atoms with Crippen LogP contribution >= 0.6 is 11.3 Å².